The fourth-order valence-electron chi connectivity index (χ4n) is 2.93. The van der Waals surface area contributed by atoms with Crippen LogP contribution in [0.3, 0.4) is 0 Å². The van der Waals surface area contributed by atoms with Crippen LogP contribution >= 0.6 is 0 Å². The van der Waals surface area contributed by atoms with Crippen LogP contribution < -0.4 is 5.32 Å². The van der Waals surface area contributed by atoms with Crippen LogP contribution in [-0.2, 0) is 11.3 Å². The van der Waals surface area contributed by atoms with E-state index in [2.05, 4.69) is 15.3 Å². The number of benzene rings is 1. The zero-order chi connectivity index (χ0) is 13.9. The van der Waals surface area contributed by atoms with Gasteiger partial charge in [0.2, 0.25) is 0 Å². The average molecular weight is 273 g/mol. The number of fused-ring (bicyclic) bond motifs is 1. The van der Waals surface area contributed by atoms with Crippen molar-refractivity contribution in [1.82, 2.24) is 15.3 Å². The minimum atomic E-state index is -0.666. The highest BCUT2D eigenvalue weighted by Crippen LogP contribution is 2.24. The standard InChI is InChI=1S/C15H19N3O2/c19-15(20)10-4-3-5-11(8-10)16-9-14-17-12-6-1-2-7-13(12)18-14/h1-2,6-7,10-11,16H,3-5,8-9H2,(H,17,18)(H,19,20). The number of aromatic amines is 1. The predicted molar refractivity (Wildman–Crippen MR) is 76.3 cm³/mol. The van der Waals surface area contributed by atoms with E-state index in [1.54, 1.807) is 0 Å². The highest BCUT2D eigenvalue weighted by atomic mass is 16.4. The molecule has 1 heterocycles. The lowest BCUT2D eigenvalue weighted by atomic mass is 9.86. The SMILES string of the molecule is O=C(O)C1CCCC(NCc2nc3ccccc3[nH]2)C1. The molecule has 0 aliphatic heterocycles. The normalized spacial score (nSPS) is 23.0. The second-order valence-corrected chi connectivity index (χ2v) is 5.48. The van der Waals surface area contributed by atoms with Crippen LogP contribution in [0.5, 0.6) is 0 Å². The third-order valence-electron chi connectivity index (χ3n) is 4.02. The molecule has 1 fully saturated rings. The Morgan fingerprint density at radius 3 is 3.05 bits per heavy atom. The van der Waals surface area contributed by atoms with Crippen molar-refractivity contribution in [3.05, 3.63) is 30.1 Å². The molecule has 3 N–H and O–H groups in total. The van der Waals surface area contributed by atoms with Crippen molar-refractivity contribution in [2.24, 2.45) is 5.92 Å². The minimum absolute atomic E-state index is 0.197. The third-order valence-corrected chi connectivity index (χ3v) is 4.02. The number of para-hydroxylation sites is 2. The van der Waals surface area contributed by atoms with Crippen molar-refractivity contribution in [2.75, 3.05) is 0 Å². The van der Waals surface area contributed by atoms with Gasteiger partial charge in [0.15, 0.2) is 0 Å². The molecular formula is C15H19N3O2. The first-order valence-corrected chi connectivity index (χ1v) is 7.12. The van der Waals surface area contributed by atoms with E-state index in [1.807, 2.05) is 24.3 Å². The molecular weight excluding hydrogens is 254 g/mol. The van der Waals surface area contributed by atoms with E-state index in [4.69, 9.17) is 5.11 Å². The topological polar surface area (TPSA) is 78.0 Å². The van der Waals surface area contributed by atoms with Gasteiger partial charge in [0.05, 0.1) is 23.5 Å². The number of hydrogen-bond acceptors (Lipinski definition) is 3. The molecule has 1 aromatic heterocycles. The molecule has 0 saturated heterocycles. The quantitative estimate of drug-likeness (QED) is 0.798. The zero-order valence-corrected chi connectivity index (χ0v) is 11.3. The summed E-state index contributed by atoms with van der Waals surface area (Å²) < 4.78 is 0. The van der Waals surface area contributed by atoms with Gasteiger partial charge in [-0.15, -0.1) is 0 Å². The number of H-pyrrole nitrogens is 1. The minimum Gasteiger partial charge on any atom is -0.481 e. The first-order valence-electron chi connectivity index (χ1n) is 7.12. The molecule has 1 aliphatic rings. The fraction of sp³-hybridized carbons (Fsp3) is 0.467. The average Bonchev–Trinajstić information content (AvgIpc) is 2.88. The Morgan fingerprint density at radius 1 is 1.40 bits per heavy atom. The zero-order valence-electron chi connectivity index (χ0n) is 11.3. The number of nitrogens with zero attached hydrogens (tertiary/aromatic N) is 1. The number of carboxylic acids is 1. The number of hydrogen-bond donors (Lipinski definition) is 3. The Bertz CT molecular complexity index is 575. The van der Waals surface area contributed by atoms with Crippen LogP contribution in [-0.4, -0.2) is 27.1 Å². The number of aliphatic carboxylic acids is 1. The molecule has 0 spiro atoms. The largest absolute Gasteiger partial charge is 0.481 e. The van der Waals surface area contributed by atoms with Gasteiger partial charge < -0.3 is 15.4 Å². The Kier molecular flexibility index (Phi) is 3.69. The summed E-state index contributed by atoms with van der Waals surface area (Å²) in [5.41, 5.74) is 2.01. The van der Waals surface area contributed by atoms with E-state index >= 15 is 0 Å². The molecule has 5 nitrogen and oxygen atoms in total. The van der Waals surface area contributed by atoms with Crippen LogP contribution in [0.15, 0.2) is 24.3 Å². The van der Waals surface area contributed by atoms with Gasteiger partial charge in [-0.05, 0) is 31.4 Å². The summed E-state index contributed by atoms with van der Waals surface area (Å²) >= 11 is 0. The molecule has 5 heteroatoms. The lowest BCUT2D eigenvalue weighted by Gasteiger charge is -2.27. The van der Waals surface area contributed by atoms with Crippen LogP contribution in [0.25, 0.3) is 11.0 Å². The van der Waals surface area contributed by atoms with E-state index in [1.165, 1.54) is 0 Å². The van der Waals surface area contributed by atoms with Crippen LogP contribution in [0, 0.1) is 5.92 Å². The van der Waals surface area contributed by atoms with Gasteiger partial charge in [-0.25, -0.2) is 4.98 Å². The number of carbonyl (C=O) groups is 1. The molecule has 2 unspecified atom stereocenters. The summed E-state index contributed by atoms with van der Waals surface area (Å²) in [5.74, 6) is 0.0424. The summed E-state index contributed by atoms with van der Waals surface area (Å²) in [7, 11) is 0. The first-order chi connectivity index (χ1) is 9.72. The Morgan fingerprint density at radius 2 is 2.25 bits per heavy atom. The van der Waals surface area contributed by atoms with E-state index in [-0.39, 0.29) is 12.0 Å². The van der Waals surface area contributed by atoms with Gasteiger partial charge in [-0.2, -0.15) is 0 Å². The summed E-state index contributed by atoms with van der Waals surface area (Å²) in [6.07, 6.45) is 3.55. The Hall–Kier alpha value is -1.88. The molecule has 1 aromatic carbocycles. The maximum Gasteiger partial charge on any atom is 0.306 e. The van der Waals surface area contributed by atoms with Crippen molar-refractivity contribution < 1.29 is 9.90 Å². The summed E-state index contributed by atoms with van der Waals surface area (Å²) in [4.78, 5) is 18.8. The van der Waals surface area contributed by atoms with Crippen molar-refractivity contribution >= 4 is 17.0 Å². The fourth-order valence-corrected chi connectivity index (χ4v) is 2.93. The predicted octanol–water partition coefficient (Wildman–Crippen LogP) is 2.30. The smallest absolute Gasteiger partial charge is 0.306 e. The molecule has 2 atom stereocenters. The van der Waals surface area contributed by atoms with Crippen molar-refractivity contribution in [3.63, 3.8) is 0 Å². The third kappa shape index (κ3) is 2.82. The molecule has 1 aliphatic carbocycles. The maximum atomic E-state index is 11.0. The monoisotopic (exact) mass is 273 g/mol. The first kappa shape index (κ1) is 13.1. The molecule has 0 amide bonds. The van der Waals surface area contributed by atoms with E-state index in [0.717, 1.165) is 42.5 Å². The van der Waals surface area contributed by atoms with Crippen molar-refractivity contribution in [2.45, 2.75) is 38.3 Å². The molecule has 0 bridgehead atoms. The highest BCUT2D eigenvalue weighted by Gasteiger charge is 2.26. The van der Waals surface area contributed by atoms with E-state index in [9.17, 15) is 4.79 Å². The lowest BCUT2D eigenvalue weighted by Crippen LogP contribution is -2.36. The number of aromatic nitrogens is 2. The number of carboxylic acid groups (broad SMARTS) is 1. The van der Waals surface area contributed by atoms with E-state index < -0.39 is 5.97 Å². The van der Waals surface area contributed by atoms with Crippen LogP contribution in [0.2, 0.25) is 0 Å². The van der Waals surface area contributed by atoms with Gasteiger partial charge in [0, 0.05) is 6.04 Å². The second kappa shape index (κ2) is 5.63. The number of nitrogens with one attached hydrogen (secondary N) is 2. The molecule has 20 heavy (non-hydrogen) atoms. The summed E-state index contributed by atoms with van der Waals surface area (Å²) in [5, 5.41) is 12.5. The molecule has 106 valence electrons. The van der Waals surface area contributed by atoms with Gasteiger partial charge in [0.25, 0.3) is 0 Å². The molecule has 2 aromatic rings. The maximum absolute atomic E-state index is 11.0. The van der Waals surface area contributed by atoms with E-state index in [0.29, 0.717) is 6.54 Å². The Balaban J connectivity index is 1.60. The van der Waals surface area contributed by atoms with Gasteiger partial charge in [-0.3, -0.25) is 4.79 Å². The van der Waals surface area contributed by atoms with Gasteiger partial charge >= 0.3 is 5.97 Å². The van der Waals surface area contributed by atoms with Gasteiger partial charge in [-0.1, -0.05) is 18.6 Å². The Labute approximate surface area is 117 Å². The van der Waals surface area contributed by atoms with Crippen molar-refractivity contribution in [1.29, 1.82) is 0 Å². The second-order valence-electron chi connectivity index (χ2n) is 5.48. The number of imidazole rings is 1. The molecule has 3 rings (SSSR count). The van der Waals surface area contributed by atoms with Crippen molar-refractivity contribution in [3.8, 4) is 0 Å². The highest BCUT2D eigenvalue weighted by molar-refractivity contribution is 5.74. The molecule has 0 radical (unpaired) electrons. The summed E-state index contributed by atoms with van der Waals surface area (Å²) in [6.45, 7) is 0.658. The number of rotatable bonds is 4. The van der Waals surface area contributed by atoms with Crippen LogP contribution in [0.4, 0.5) is 0 Å². The molecule has 1 saturated carbocycles. The lowest BCUT2D eigenvalue weighted by molar-refractivity contribution is -0.143. The van der Waals surface area contributed by atoms with Gasteiger partial charge in [0.1, 0.15) is 5.82 Å². The van der Waals surface area contributed by atoms with Crippen LogP contribution in [0.1, 0.15) is 31.5 Å². The summed E-state index contributed by atoms with van der Waals surface area (Å²) in [6, 6.07) is 8.22.